The van der Waals surface area contributed by atoms with Crippen molar-refractivity contribution in [3.05, 3.63) is 22.7 Å². The van der Waals surface area contributed by atoms with Crippen molar-refractivity contribution in [2.75, 3.05) is 32.1 Å². The van der Waals surface area contributed by atoms with Crippen molar-refractivity contribution < 1.29 is 0 Å². The molecule has 0 aliphatic carbocycles. The van der Waals surface area contributed by atoms with Crippen LogP contribution in [0, 0.1) is 5.92 Å². The highest BCUT2D eigenvalue weighted by Gasteiger charge is 2.19. The maximum absolute atomic E-state index is 12.4. The van der Waals surface area contributed by atoms with E-state index >= 15 is 0 Å². The van der Waals surface area contributed by atoms with Crippen LogP contribution in [0.3, 0.4) is 0 Å². The number of hydrogen-bond acceptors (Lipinski definition) is 4. The lowest BCUT2D eigenvalue weighted by atomic mass is 9.98. The maximum atomic E-state index is 12.4. The first kappa shape index (κ1) is 14.1. The van der Waals surface area contributed by atoms with Crippen molar-refractivity contribution in [3.8, 4) is 0 Å². The first-order valence-electron chi connectivity index (χ1n) is 7.52. The molecule has 3 rings (SSSR count). The highest BCUT2D eigenvalue weighted by molar-refractivity contribution is 5.87. The summed E-state index contributed by atoms with van der Waals surface area (Å²) in [6.07, 6.45) is 4.24. The molecule has 0 bridgehead atoms. The van der Waals surface area contributed by atoms with Gasteiger partial charge in [0.2, 0.25) is 0 Å². The minimum absolute atomic E-state index is 0.143. The van der Waals surface area contributed by atoms with Crippen LogP contribution in [0.5, 0.6) is 0 Å². The van der Waals surface area contributed by atoms with Gasteiger partial charge in [0.05, 0.1) is 5.52 Å². The molecule has 1 N–H and O–H groups in total. The van der Waals surface area contributed by atoms with Crippen LogP contribution in [0.1, 0.15) is 12.8 Å². The van der Waals surface area contributed by atoms with Crippen LogP contribution < -0.4 is 15.9 Å². The molecular formula is C15H23N5O. The summed E-state index contributed by atoms with van der Waals surface area (Å²) in [5.41, 5.74) is 1.86. The quantitative estimate of drug-likeness (QED) is 0.908. The Morgan fingerprint density at radius 3 is 2.76 bits per heavy atom. The molecular weight excluding hydrogens is 266 g/mol. The standard InChI is InChI=1S/C15H23N5O/c1-18(2)14-13-12(6-9-19(13)3)20(15(21)17-14)10-11-4-7-16-8-5-11/h6,9,11,16H,4-5,7-8,10H2,1-3H3. The molecule has 6 nitrogen and oxygen atoms in total. The number of aromatic nitrogens is 3. The van der Waals surface area contributed by atoms with Gasteiger partial charge in [-0.05, 0) is 37.9 Å². The van der Waals surface area contributed by atoms with E-state index in [9.17, 15) is 4.79 Å². The van der Waals surface area contributed by atoms with Gasteiger partial charge in [0.1, 0.15) is 5.52 Å². The molecule has 6 heteroatoms. The predicted molar refractivity (Wildman–Crippen MR) is 84.9 cm³/mol. The van der Waals surface area contributed by atoms with E-state index in [2.05, 4.69) is 10.3 Å². The fraction of sp³-hybridized carbons (Fsp3) is 0.600. The molecule has 0 amide bonds. The van der Waals surface area contributed by atoms with E-state index in [1.807, 2.05) is 47.4 Å². The van der Waals surface area contributed by atoms with Crippen LogP contribution >= 0.6 is 0 Å². The molecule has 1 fully saturated rings. The van der Waals surface area contributed by atoms with Crippen LogP contribution in [0.25, 0.3) is 11.0 Å². The summed E-state index contributed by atoms with van der Waals surface area (Å²) < 4.78 is 3.88. The van der Waals surface area contributed by atoms with Gasteiger partial charge in [0, 0.05) is 33.9 Å². The second-order valence-corrected chi connectivity index (χ2v) is 6.08. The number of aryl methyl sites for hydroxylation is 1. The number of nitrogens with one attached hydrogen (secondary N) is 1. The predicted octanol–water partition coefficient (Wildman–Crippen LogP) is 0.801. The molecule has 114 valence electrons. The maximum Gasteiger partial charge on any atom is 0.350 e. The van der Waals surface area contributed by atoms with E-state index in [4.69, 9.17) is 0 Å². The molecule has 2 aromatic rings. The Hall–Kier alpha value is -1.82. The number of rotatable bonds is 3. The third kappa shape index (κ3) is 2.55. The first-order valence-corrected chi connectivity index (χ1v) is 7.52. The summed E-state index contributed by atoms with van der Waals surface area (Å²) in [5, 5.41) is 3.37. The van der Waals surface area contributed by atoms with E-state index in [1.54, 1.807) is 0 Å². The summed E-state index contributed by atoms with van der Waals surface area (Å²) in [6.45, 7) is 2.85. The third-order valence-corrected chi connectivity index (χ3v) is 4.31. The molecule has 2 aromatic heterocycles. The molecule has 3 heterocycles. The van der Waals surface area contributed by atoms with Crippen molar-refractivity contribution in [2.45, 2.75) is 19.4 Å². The summed E-state index contributed by atoms with van der Waals surface area (Å²) in [7, 11) is 5.84. The molecule has 0 aromatic carbocycles. The lowest BCUT2D eigenvalue weighted by molar-refractivity contribution is 0.332. The third-order valence-electron chi connectivity index (χ3n) is 4.31. The Bertz CT molecular complexity index is 694. The minimum Gasteiger partial charge on any atom is -0.361 e. The molecule has 0 radical (unpaired) electrons. The van der Waals surface area contributed by atoms with Gasteiger partial charge < -0.3 is 14.8 Å². The minimum atomic E-state index is -0.143. The van der Waals surface area contributed by atoms with Gasteiger partial charge >= 0.3 is 5.69 Å². The number of hydrogen-bond donors (Lipinski definition) is 1. The second kappa shape index (κ2) is 5.52. The average Bonchev–Trinajstić information content (AvgIpc) is 2.85. The van der Waals surface area contributed by atoms with Gasteiger partial charge in [0.25, 0.3) is 0 Å². The lowest BCUT2D eigenvalue weighted by Gasteiger charge is -2.24. The highest BCUT2D eigenvalue weighted by Crippen LogP contribution is 2.23. The van der Waals surface area contributed by atoms with Crippen LogP contribution in [0.4, 0.5) is 5.82 Å². The summed E-state index contributed by atoms with van der Waals surface area (Å²) in [6, 6.07) is 2.02. The molecule has 21 heavy (non-hydrogen) atoms. The van der Waals surface area contributed by atoms with Crippen LogP contribution in [0.2, 0.25) is 0 Å². The van der Waals surface area contributed by atoms with Crippen molar-refractivity contribution in [1.82, 2.24) is 19.4 Å². The molecule has 1 saturated heterocycles. The van der Waals surface area contributed by atoms with Gasteiger partial charge in [0.15, 0.2) is 5.82 Å². The zero-order valence-electron chi connectivity index (χ0n) is 13.0. The lowest BCUT2D eigenvalue weighted by Crippen LogP contribution is -2.34. The smallest absolute Gasteiger partial charge is 0.350 e. The number of anilines is 1. The largest absolute Gasteiger partial charge is 0.361 e. The van der Waals surface area contributed by atoms with Crippen molar-refractivity contribution in [3.63, 3.8) is 0 Å². The van der Waals surface area contributed by atoms with E-state index in [0.29, 0.717) is 5.92 Å². The average molecular weight is 289 g/mol. The monoisotopic (exact) mass is 289 g/mol. The summed E-state index contributed by atoms with van der Waals surface area (Å²) in [4.78, 5) is 18.6. The zero-order valence-corrected chi connectivity index (χ0v) is 13.0. The van der Waals surface area contributed by atoms with E-state index in [-0.39, 0.29) is 5.69 Å². The Balaban J connectivity index is 2.08. The Morgan fingerprint density at radius 2 is 2.10 bits per heavy atom. The summed E-state index contributed by atoms with van der Waals surface area (Å²) in [5.74, 6) is 1.29. The van der Waals surface area contributed by atoms with Crippen molar-refractivity contribution >= 4 is 16.9 Å². The van der Waals surface area contributed by atoms with Crippen LogP contribution in [-0.4, -0.2) is 41.3 Å². The molecule has 0 unspecified atom stereocenters. The normalized spacial score (nSPS) is 16.5. The van der Waals surface area contributed by atoms with Gasteiger partial charge in [-0.2, -0.15) is 4.98 Å². The van der Waals surface area contributed by atoms with Crippen molar-refractivity contribution in [2.24, 2.45) is 13.0 Å². The number of piperidine rings is 1. The van der Waals surface area contributed by atoms with Gasteiger partial charge in [-0.1, -0.05) is 0 Å². The van der Waals surface area contributed by atoms with E-state index in [1.165, 1.54) is 0 Å². The van der Waals surface area contributed by atoms with Gasteiger partial charge in [-0.3, -0.25) is 4.57 Å². The molecule has 0 atom stereocenters. The van der Waals surface area contributed by atoms with Crippen molar-refractivity contribution in [1.29, 1.82) is 0 Å². The molecule has 0 saturated carbocycles. The molecule has 1 aliphatic rings. The Kier molecular flexibility index (Phi) is 3.71. The topological polar surface area (TPSA) is 55.1 Å². The van der Waals surface area contributed by atoms with Crippen LogP contribution in [-0.2, 0) is 13.6 Å². The SMILES string of the molecule is CN(C)c1nc(=O)n(CC2CCNCC2)c2ccn(C)c12. The zero-order chi connectivity index (χ0) is 15.0. The Labute approximate surface area is 124 Å². The number of nitrogens with zero attached hydrogens (tertiary/aromatic N) is 4. The Morgan fingerprint density at radius 1 is 1.38 bits per heavy atom. The fourth-order valence-corrected chi connectivity index (χ4v) is 3.12. The number of fused-ring (bicyclic) bond motifs is 1. The fourth-order valence-electron chi connectivity index (χ4n) is 3.12. The molecule has 1 aliphatic heterocycles. The highest BCUT2D eigenvalue weighted by atomic mass is 16.1. The van der Waals surface area contributed by atoms with E-state index < -0.39 is 0 Å². The first-order chi connectivity index (χ1) is 10.1. The second-order valence-electron chi connectivity index (χ2n) is 6.08. The van der Waals surface area contributed by atoms with Gasteiger partial charge in [-0.25, -0.2) is 4.79 Å². The van der Waals surface area contributed by atoms with E-state index in [0.717, 1.165) is 49.3 Å². The molecule has 0 spiro atoms. The summed E-state index contributed by atoms with van der Waals surface area (Å²) >= 11 is 0. The van der Waals surface area contributed by atoms with Gasteiger partial charge in [-0.15, -0.1) is 0 Å². The van der Waals surface area contributed by atoms with Crippen LogP contribution in [0.15, 0.2) is 17.1 Å².